The second-order valence-electron chi connectivity index (χ2n) is 6.69. The predicted octanol–water partition coefficient (Wildman–Crippen LogP) is 3.03. The van der Waals surface area contributed by atoms with Gasteiger partial charge in [0.2, 0.25) is 0 Å². The molecule has 3 rings (SSSR count). The molecule has 1 N–H and O–H groups in total. The van der Waals surface area contributed by atoms with E-state index in [9.17, 15) is 5.11 Å². The van der Waals surface area contributed by atoms with Gasteiger partial charge >= 0.3 is 0 Å². The summed E-state index contributed by atoms with van der Waals surface area (Å²) in [5.41, 5.74) is 1.20. The minimum absolute atomic E-state index is 0.344. The predicted molar refractivity (Wildman–Crippen MR) is 60.2 cm³/mol. The lowest BCUT2D eigenvalue weighted by Crippen LogP contribution is -2.61. The number of aliphatic hydroxyl groups is 1. The lowest BCUT2D eigenvalue weighted by Gasteiger charge is -2.63. The fraction of sp³-hybridized carbons (Fsp3) is 1.00. The summed E-state index contributed by atoms with van der Waals surface area (Å²) in [5.74, 6) is 0.948. The Hall–Kier alpha value is 0.310. The third kappa shape index (κ3) is 0.880. The van der Waals surface area contributed by atoms with Crippen molar-refractivity contribution >= 4 is 11.8 Å². The summed E-state index contributed by atoms with van der Waals surface area (Å²) in [6.07, 6.45) is 3.79. The second-order valence-corrected chi connectivity index (χ2v) is 8.67. The van der Waals surface area contributed by atoms with Crippen molar-refractivity contribution in [3.8, 4) is 0 Å². The van der Waals surface area contributed by atoms with Crippen molar-refractivity contribution in [3.05, 3.63) is 0 Å². The van der Waals surface area contributed by atoms with Gasteiger partial charge in [-0.15, -0.1) is 11.8 Å². The zero-order chi connectivity index (χ0) is 10.4. The van der Waals surface area contributed by atoms with E-state index < -0.39 is 4.93 Å². The van der Waals surface area contributed by atoms with Crippen molar-refractivity contribution in [2.45, 2.75) is 56.6 Å². The first kappa shape index (κ1) is 9.53. The standard InChI is InChI=1S/C12H20OS/c1-9-5-8(9)10(2,6-9)11(3)7-12(4,13)14-11/h8,13H,5-7H2,1-4H3. The largest absolute Gasteiger partial charge is 0.380 e. The Bertz CT molecular complexity index is 303. The summed E-state index contributed by atoms with van der Waals surface area (Å²) >= 11 is 1.80. The smallest absolute Gasteiger partial charge is 0.109 e. The molecular formula is C12H20OS. The number of rotatable bonds is 1. The first-order valence-electron chi connectivity index (χ1n) is 5.64. The summed E-state index contributed by atoms with van der Waals surface area (Å²) in [7, 11) is 0. The van der Waals surface area contributed by atoms with Gasteiger partial charge in [-0.1, -0.05) is 13.8 Å². The van der Waals surface area contributed by atoms with Gasteiger partial charge in [-0.25, -0.2) is 0 Å². The SMILES string of the molecule is CC1(O)CC(C)(C2(C)CC3(C)CC32)S1. The minimum atomic E-state index is -0.446. The quantitative estimate of drug-likeness (QED) is 0.721. The van der Waals surface area contributed by atoms with Crippen LogP contribution in [0.2, 0.25) is 0 Å². The highest BCUT2D eigenvalue weighted by Gasteiger charge is 2.77. The Labute approximate surface area is 90.7 Å². The van der Waals surface area contributed by atoms with E-state index in [-0.39, 0.29) is 0 Å². The van der Waals surface area contributed by atoms with E-state index in [2.05, 4.69) is 20.8 Å². The summed E-state index contributed by atoms with van der Waals surface area (Å²) in [5, 5.41) is 9.86. The maximum Gasteiger partial charge on any atom is 0.109 e. The van der Waals surface area contributed by atoms with Crippen LogP contribution in [0.25, 0.3) is 0 Å². The van der Waals surface area contributed by atoms with E-state index in [0.29, 0.717) is 15.6 Å². The third-order valence-electron chi connectivity index (χ3n) is 5.21. The zero-order valence-corrected chi connectivity index (χ0v) is 10.4. The van der Waals surface area contributed by atoms with Crippen LogP contribution in [-0.2, 0) is 0 Å². The molecular weight excluding hydrogens is 192 g/mol. The molecule has 0 aromatic rings. The Morgan fingerprint density at radius 3 is 2.00 bits per heavy atom. The molecule has 5 unspecified atom stereocenters. The van der Waals surface area contributed by atoms with Gasteiger partial charge in [-0.2, -0.15) is 0 Å². The first-order chi connectivity index (χ1) is 6.21. The molecule has 0 aromatic heterocycles. The molecule has 80 valence electrons. The Morgan fingerprint density at radius 2 is 1.71 bits per heavy atom. The molecule has 0 aromatic carbocycles. The maximum absolute atomic E-state index is 9.86. The maximum atomic E-state index is 9.86. The topological polar surface area (TPSA) is 20.2 Å². The summed E-state index contributed by atoms with van der Waals surface area (Å²) in [6, 6.07) is 0. The molecule has 0 amide bonds. The fourth-order valence-electron chi connectivity index (χ4n) is 4.41. The van der Waals surface area contributed by atoms with Crippen LogP contribution in [0.4, 0.5) is 0 Å². The van der Waals surface area contributed by atoms with Crippen LogP contribution in [0.15, 0.2) is 0 Å². The summed E-state index contributed by atoms with van der Waals surface area (Å²) in [6.45, 7) is 9.17. The van der Waals surface area contributed by atoms with Gasteiger partial charge in [0, 0.05) is 11.2 Å². The van der Waals surface area contributed by atoms with E-state index >= 15 is 0 Å². The average Bonchev–Trinajstić information content (AvgIpc) is 2.50. The molecule has 0 radical (unpaired) electrons. The number of hydrogen-bond acceptors (Lipinski definition) is 2. The van der Waals surface area contributed by atoms with E-state index in [0.717, 1.165) is 12.3 Å². The van der Waals surface area contributed by atoms with E-state index in [4.69, 9.17) is 0 Å². The van der Waals surface area contributed by atoms with E-state index in [1.807, 2.05) is 6.92 Å². The number of thioether (sulfide) groups is 1. The molecule has 1 nitrogen and oxygen atoms in total. The van der Waals surface area contributed by atoms with Crippen LogP contribution in [0.5, 0.6) is 0 Å². The van der Waals surface area contributed by atoms with Crippen LogP contribution >= 0.6 is 11.8 Å². The lowest BCUT2D eigenvalue weighted by atomic mass is 9.56. The minimum Gasteiger partial charge on any atom is -0.380 e. The molecule has 0 spiro atoms. The van der Waals surface area contributed by atoms with Crippen LogP contribution in [0.3, 0.4) is 0 Å². The molecule has 1 aliphatic heterocycles. The lowest BCUT2D eigenvalue weighted by molar-refractivity contribution is -0.0144. The van der Waals surface area contributed by atoms with Crippen LogP contribution in [0.1, 0.15) is 47.0 Å². The molecule has 3 fully saturated rings. The van der Waals surface area contributed by atoms with E-state index in [1.54, 1.807) is 11.8 Å². The van der Waals surface area contributed by atoms with Crippen molar-refractivity contribution in [1.82, 2.24) is 0 Å². The molecule has 1 heterocycles. The summed E-state index contributed by atoms with van der Waals surface area (Å²) < 4.78 is 0.344. The Morgan fingerprint density at radius 1 is 1.14 bits per heavy atom. The van der Waals surface area contributed by atoms with Crippen molar-refractivity contribution in [3.63, 3.8) is 0 Å². The van der Waals surface area contributed by atoms with Crippen LogP contribution < -0.4 is 0 Å². The molecule has 14 heavy (non-hydrogen) atoms. The molecule has 5 atom stereocenters. The highest BCUT2D eigenvalue weighted by Crippen LogP contribution is 2.83. The molecule has 2 aliphatic carbocycles. The monoisotopic (exact) mass is 212 g/mol. The highest BCUT2D eigenvalue weighted by molar-refractivity contribution is 8.03. The molecule has 2 heteroatoms. The van der Waals surface area contributed by atoms with Gasteiger partial charge in [-0.05, 0) is 43.4 Å². The number of fused-ring (bicyclic) bond motifs is 1. The average molecular weight is 212 g/mol. The molecule has 2 saturated carbocycles. The van der Waals surface area contributed by atoms with Crippen molar-refractivity contribution < 1.29 is 5.11 Å². The van der Waals surface area contributed by atoms with Crippen LogP contribution in [0, 0.1) is 16.7 Å². The Balaban J connectivity index is 1.79. The van der Waals surface area contributed by atoms with Gasteiger partial charge in [0.15, 0.2) is 0 Å². The third-order valence-corrected chi connectivity index (χ3v) is 6.86. The molecule has 1 saturated heterocycles. The van der Waals surface area contributed by atoms with Gasteiger partial charge in [0.05, 0.1) is 0 Å². The molecule has 0 bridgehead atoms. The van der Waals surface area contributed by atoms with Gasteiger partial charge in [0.25, 0.3) is 0 Å². The van der Waals surface area contributed by atoms with Gasteiger partial charge in [0.1, 0.15) is 4.93 Å². The first-order valence-corrected chi connectivity index (χ1v) is 6.45. The van der Waals surface area contributed by atoms with Crippen molar-refractivity contribution in [2.75, 3.05) is 0 Å². The Kier molecular flexibility index (Phi) is 1.40. The summed E-state index contributed by atoms with van der Waals surface area (Å²) in [4.78, 5) is -0.446. The normalized spacial score (nSPS) is 70.5. The van der Waals surface area contributed by atoms with Crippen molar-refractivity contribution in [1.29, 1.82) is 0 Å². The van der Waals surface area contributed by atoms with Crippen LogP contribution in [-0.4, -0.2) is 14.8 Å². The zero-order valence-electron chi connectivity index (χ0n) is 9.55. The fourth-order valence-corrected chi connectivity index (χ4v) is 6.29. The highest BCUT2D eigenvalue weighted by atomic mass is 32.2. The second kappa shape index (κ2) is 2.06. The van der Waals surface area contributed by atoms with Crippen molar-refractivity contribution in [2.24, 2.45) is 16.7 Å². The number of hydrogen-bond donors (Lipinski definition) is 1. The van der Waals surface area contributed by atoms with Gasteiger partial charge < -0.3 is 5.11 Å². The van der Waals surface area contributed by atoms with Gasteiger partial charge in [-0.3, -0.25) is 0 Å². The molecule has 3 aliphatic rings. The van der Waals surface area contributed by atoms with E-state index in [1.165, 1.54) is 12.8 Å².